The minimum absolute atomic E-state index is 1.12. The summed E-state index contributed by atoms with van der Waals surface area (Å²) >= 11 is 0. The van der Waals surface area contributed by atoms with Crippen LogP contribution in [0, 0.1) is 0 Å². The Bertz CT molecular complexity index is 303. The summed E-state index contributed by atoms with van der Waals surface area (Å²) in [7, 11) is 6.99. The van der Waals surface area contributed by atoms with Gasteiger partial charge in [0.1, 0.15) is 0 Å². The van der Waals surface area contributed by atoms with Gasteiger partial charge in [0.2, 0.25) is 0 Å². The predicted octanol–water partition coefficient (Wildman–Crippen LogP) is 3.51. The van der Waals surface area contributed by atoms with E-state index in [-0.39, 0.29) is 0 Å². The van der Waals surface area contributed by atoms with Crippen molar-refractivity contribution in [3.05, 3.63) is 29.8 Å². The van der Waals surface area contributed by atoms with E-state index in [1.807, 2.05) is 6.07 Å². The number of aryl methyl sites for hydroxylation is 1. The van der Waals surface area contributed by atoms with Crippen LogP contribution in [0.15, 0.2) is 29.2 Å². The van der Waals surface area contributed by atoms with Crippen LogP contribution in [0.2, 0.25) is 0 Å². The molecule has 1 rings (SSSR count). The molecule has 1 amide bonds. The molecule has 0 atom stereocenters. The zero-order valence-electron chi connectivity index (χ0n) is 8.44. The number of hydrogen-bond acceptors (Lipinski definition) is 2. The minimum atomic E-state index is -1.33. The maximum atomic E-state index is 8.78. The van der Waals surface area contributed by atoms with Crippen LogP contribution >= 0.6 is 21.7 Å². The molecule has 1 aromatic carbocycles. The Balaban J connectivity index is 0.000000423. The lowest BCUT2D eigenvalue weighted by Crippen LogP contribution is -2.03. The third-order valence-corrected chi connectivity index (χ3v) is 2.64. The zero-order valence-corrected chi connectivity index (χ0v) is 10.0. The highest BCUT2D eigenvalue weighted by molar-refractivity contribution is 8.21. The van der Waals surface area contributed by atoms with E-state index >= 15 is 0 Å². The summed E-state index contributed by atoms with van der Waals surface area (Å²) in [6.07, 6.45) is 0.963. The zero-order chi connectivity index (χ0) is 11.7. The molecule has 0 aliphatic carbocycles. The molecule has 3 nitrogen and oxygen atoms in total. The van der Waals surface area contributed by atoms with Gasteiger partial charge in [-0.15, -0.1) is 0 Å². The second kappa shape index (κ2) is 8.44. The fraction of sp³-hybridized carbons (Fsp3) is 0.300. The number of benzene rings is 1. The normalized spacial score (nSPS) is 8.93. The van der Waals surface area contributed by atoms with E-state index in [4.69, 9.17) is 20.6 Å². The molecule has 0 aliphatic heterocycles. The molecular formula is C10H14ClNO2S. The summed E-state index contributed by atoms with van der Waals surface area (Å²) < 4.78 is 0. The van der Waals surface area contributed by atoms with Crippen LogP contribution in [0.25, 0.3) is 0 Å². The molecule has 1 aromatic rings. The van der Waals surface area contributed by atoms with Crippen molar-refractivity contribution in [2.45, 2.75) is 24.7 Å². The number of carboxylic acid groups (broad SMARTS) is 1. The van der Waals surface area contributed by atoms with Crippen molar-refractivity contribution in [2.24, 2.45) is 5.73 Å². The fourth-order valence-corrected chi connectivity index (χ4v) is 1.91. The number of nitrogens with two attached hydrogens (primary N) is 1. The van der Waals surface area contributed by atoms with E-state index < -0.39 is 6.09 Å². The number of carbonyl (C=O) groups is 1. The van der Waals surface area contributed by atoms with Gasteiger partial charge in [-0.3, -0.25) is 0 Å². The van der Waals surface area contributed by atoms with Crippen LogP contribution in [-0.2, 0) is 6.42 Å². The molecule has 3 N–H and O–H groups in total. The molecule has 0 unspecified atom stereocenters. The first-order valence-electron chi connectivity index (χ1n) is 4.46. The van der Waals surface area contributed by atoms with Gasteiger partial charge in [0, 0.05) is 4.90 Å². The molecular weight excluding hydrogens is 234 g/mol. The van der Waals surface area contributed by atoms with Crippen molar-refractivity contribution in [3.8, 4) is 0 Å². The van der Waals surface area contributed by atoms with Crippen molar-refractivity contribution in [2.75, 3.05) is 0 Å². The van der Waals surface area contributed by atoms with Gasteiger partial charge in [-0.2, -0.15) is 0 Å². The van der Waals surface area contributed by atoms with Gasteiger partial charge < -0.3 is 10.8 Å². The van der Waals surface area contributed by atoms with Gasteiger partial charge in [0.15, 0.2) is 0 Å². The Labute approximate surface area is 98.1 Å². The molecule has 0 spiro atoms. The monoisotopic (exact) mass is 247 g/mol. The van der Waals surface area contributed by atoms with Gasteiger partial charge in [-0.05, 0) is 39.7 Å². The Hall–Kier alpha value is -0.870. The van der Waals surface area contributed by atoms with Crippen LogP contribution in [0.1, 0.15) is 18.9 Å². The maximum Gasteiger partial charge on any atom is 0.402 e. The summed E-state index contributed by atoms with van der Waals surface area (Å²) in [4.78, 5) is 9.97. The Morgan fingerprint density at radius 1 is 1.53 bits per heavy atom. The number of halogens is 1. The lowest BCUT2D eigenvalue weighted by atomic mass is 10.1. The largest absolute Gasteiger partial charge is 0.465 e. The summed E-state index contributed by atoms with van der Waals surface area (Å²) in [6.45, 7) is 2.18. The second-order valence-electron chi connectivity index (χ2n) is 2.77. The van der Waals surface area contributed by atoms with Crippen molar-refractivity contribution in [3.63, 3.8) is 0 Å². The Morgan fingerprint density at radius 2 is 2.07 bits per heavy atom. The van der Waals surface area contributed by atoms with E-state index in [2.05, 4.69) is 30.9 Å². The third kappa shape index (κ3) is 7.11. The molecule has 0 bridgehead atoms. The lowest BCUT2D eigenvalue weighted by molar-refractivity contribution is 0.205. The summed E-state index contributed by atoms with van der Waals surface area (Å²) in [5, 5.41) is 7.19. The number of primary amides is 1. The highest BCUT2D eigenvalue weighted by Gasteiger charge is 1.98. The topological polar surface area (TPSA) is 63.3 Å². The van der Waals surface area contributed by atoms with Crippen LogP contribution in [0.5, 0.6) is 0 Å². The number of amides is 1. The van der Waals surface area contributed by atoms with E-state index in [1.165, 1.54) is 27.9 Å². The summed E-state index contributed by atoms with van der Waals surface area (Å²) in [5.74, 6) is 0. The molecule has 15 heavy (non-hydrogen) atoms. The van der Waals surface area contributed by atoms with Crippen molar-refractivity contribution in [1.82, 2.24) is 0 Å². The minimum Gasteiger partial charge on any atom is -0.465 e. The lowest BCUT2D eigenvalue weighted by Gasteiger charge is -2.02. The Morgan fingerprint density at radius 3 is 2.53 bits per heavy atom. The first-order chi connectivity index (χ1) is 7.11. The highest BCUT2D eigenvalue weighted by atomic mass is 35.7. The SMILES string of the molecule is CCCc1ccccc1SCl.NC(=O)O. The van der Waals surface area contributed by atoms with Gasteiger partial charge in [-0.1, -0.05) is 31.5 Å². The van der Waals surface area contributed by atoms with E-state index in [0.29, 0.717) is 0 Å². The average Bonchev–Trinajstić information content (AvgIpc) is 2.18. The second-order valence-corrected chi connectivity index (χ2v) is 3.83. The van der Waals surface area contributed by atoms with Crippen molar-refractivity contribution < 1.29 is 9.90 Å². The van der Waals surface area contributed by atoms with E-state index in [9.17, 15) is 0 Å². The summed E-state index contributed by atoms with van der Waals surface area (Å²) in [6, 6.07) is 8.27. The van der Waals surface area contributed by atoms with Crippen molar-refractivity contribution >= 4 is 27.8 Å². The molecule has 0 fully saturated rings. The molecule has 0 aromatic heterocycles. The molecule has 0 radical (unpaired) electrons. The van der Waals surface area contributed by atoms with Gasteiger partial charge in [0.05, 0.1) is 0 Å². The van der Waals surface area contributed by atoms with E-state index in [1.54, 1.807) is 0 Å². The highest BCUT2D eigenvalue weighted by Crippen LogP contribution is 2.26. The molecule has 0 aliphatic rings. The number of hydrogen-bond donors (Lipinski definition) is 2. The van der Waals surface area contributed by atoms with Gasteiger partial charge in [0.25, 0.3) is 0 Å². The van der Waals surface area contributed by atoms with E-state index in [0.717, 1.165) is 6.42 Å². The number of rotatable bonds is 3. The first-order valence-corrected chi connectivity index (χ1v) is 6.11. The quantitative estimate of drug-likeness (QED) is 0.859. The average molecular weight is 248 g/mol. The standard InChI is InChI=1S/C9H11ClS.CH3NO2/c1-2-5-8-6-3-4-7-9(8)11-10;2-1(3)4/h3-4,6-7H,2,5H2,1H3;2H2,(H,3,4). The predicted molar refractivity (Wildman–Crippen MR) is 64.4 cm³/mol. The van der Waals surface area contributed by atoms with Gasteiger partial charge >= 0.3 is 6.09 Å². The van der Waals surface area contributed by atoms with Crippen molar-refractivity contribution in [1.29, 1.82) is 0 Å². The van der Waals surface area contributed by atoms with Crippen LogP contribution in [-0.4, -0.2) is 11.2 Å². The smallest absolute Gasteiger partial charge is 0.402 e. The molecule has 5 heteroatoms. The molecule has 84 valence electrons. The first kappa shape index (κ1) is 14.1. The maximum absolute atomic E-state index is 8.78. The molecule has 0 heterocycles. The van der Waals surface area contributed by atoms with Crippen LogP contribution < -0.4 is 5.73 Å². The van der Waals surface area contributed by atoms with Gasteiger partial charge in [-0.25, -0.2) is 4.79 Å². The van der Waals surface area contributed by atoms with Crippen LogP contribution in [0.3, 0.4) is 0 Å². The fourth-order valence-electron chi connectivity index (χ4n) is 1.05. The summed E-state index contributed by atoms with van der Waals surface area (Å²) in [5.41, 5.74) is 5.38. The third-order valence-electron chi connectivity index (χ3n) is 1.58. The Kier molecular flexibility index (Phi) is 7.95. The molecule has 0 saturated carbocycles. The molecule has 0 saturated heterocycles. The van der Waals surface area contributed by atoms with Crippen LogP contribution in [0.4, 0.5) is 4.79 Å².